The highest BCUT2D eigenvalue weighted by Gasteiger charge is 2.33. The molecule has 0 spiro atoms. The summed E-state index contributed by atoms with van der Waals surface area (Å²) in [5.41, 5.74) is 0.773. The van der Waals surface area contributed by atoms with E-state index in [1.807, 2.05) is 30.3 Å². The van der Waals surface area contributed by atoms with E-state index in [9.17, 15) is 14.4 Å². The number of furan rings is 1. The maximum Gasteiger partial charge on any atom is 0.417 e. The fourth-order valence-corrected chi connectivity index (χ4v) is 2.42. The van der Waals surface area contributed by atoms with E-state index in [4.69, 9.17) is 9.15 Å². The van der Waals surface area contributed by atoms with Crippen LogP contribution < -0.4 is 5.32 Å². The van der Waals surface area contributed by atoms with E-state index in [0.717, 1.165) is 10.5 Å². The van der Waals surface area contributed by atoms with Crippen LogP contribution >= 0.6 is 0 Å². The van der Waals surface area contributed by atoms with Gasteiger partial charge < -0.3 is 14.5 Å². The van der Waals surface area contributed by atoms with Crippen molar-refractivity contribution in [3.05, 3.63) is 66.1 Å². The predicted octanol–water partition coefficient (Wildman–Crippen LogP) is 2.13. The lowest BCUT2D eigenvalue weighted by atomic mass is 10.1. The second-order valence-corrected chi connectivity index (χ2v) is 5.38. The van der Waals surface area contributed by atoms with Crippen LogP contribution in [0.3, 0.4) is 0 Å². The average Bonchev–Trinajstić information content (AvgIpc) is 3.25. The van der Waals surface area contributed by atoms with Crippen LogP contribution in [0.25, 0.3) is 6.08 Å². The number of hydrogen-bond donors (Lipinski definition) is 1. The van der Waals surface area contributed by atoms with Crippen molar-refractivity contribution in [2.24, 2.45) is 0 Å². The molecule has 128 valence electrons. The number of hydrogen-bond acceptors (Lipinski definition) is 5. The van der Waals surface area contributed by atoms with Crippen molar-refractivity contribution in [3.8, 4) is 0 Å². The number of carbonyl (C=O) groups excluding carboxylic acids is 3. The SMILES string of the molecule is O=C(/C=C/c1ccco1)N[C@H](CN1C(=O)COC1=O)c1ccccc1. The molecule has 3 rings (SSSR count). The summed E-state index contributed by atoms with van der Waals surface area (Å²) in [7, 11) is 0. The van der Waals surface area contributed by atoms with Crippen LogP contribution in [0, 0.1) is 0 Å². The molecule has 0 bridgehead atoms. The van der Waals surface area contributed by atoms with Gasteiger partial charge in [0, 0.05) is 6.08 Å². The number of carbonyl (C=O) groups is 3. The molecular formula is C18H16N2O5. The minimum atomic E-state index is -0.702. The molecule has 7 nitrogen and oxygen atoms in total. The normalized spacial score (nSPS) is 15.4. The maximum atomic E-state index is 12.2. The zero-order valence-electron chi connectivity index (χ0n) is 13.3. The van der Waals surface area contributed by atoms with E-state index in [1.165, 1.54) is 18.4 Å². The van der Waals surface area contributed by atoms with E-state index in [2.05, 4.69) is 5.32 Å². The van der Waals surface area contributed by atoms with Gasteiger partial charge in [0.25, 0.3) is 5.91 Å². The highest BCUT2D eigenvalue weighted by molar-refractivity contribution is 5.98. The molecule has 7 heteroatoms. The zero-order chi connectivity index (χ0) is 17.6. The zero-order valence-corrected chi connectivity index (χ0v) is 13.3. The number of amides is 3. The van der Waals surface area contributed by atoms with E-state index < -0.39 is 18.0 Å². The van der Waals surface area contributed by atoms with Gasteiger partial charge in [-0.15, -0.1) is 0 Å². The van der Waals surface area contributed by atoms with Crippen molar-refractivity contribution < 1.29 is 23.5 Å². The first-order valence-corrected chi connectivity index (χ1v) is 7.67. The lowest BCUT2D eigenvalue weighted by Crippen LogP contribution is -2.40. The van der Waals surface area contributed by atoms with Gasteiger partial charge in [-0.05, 0) is 23.8 Å². The Labute approximate surface area is 143 Å². The molecule has 1 aliphatic heterocycles. The summed E-state index contributed by atoms with van der Waals surface area (Å²) in [5, 5.41) is 2.79. The fraction of sp³-hybridized carbons (Fsp3) is 0.167. The first-order valence-electron chi connectivity index (χ1n) is 7.67. The van der Waals surface area contributed by atoms with Crippen molar-refractivity contribution >= 4 is 24.0 Å². The molecule has 0 radical (unpaired) electrons. The van der Waals surface area contributed by atoms with Crippen molar-refractivity contribution in [1.29, 1.82) is 0 Å². The Morgan fingerprint density at radius 1 is 1.20 bits per heavy atom. The number of ether oxygens (including phenoxy) is 1. The molecule has 1 aromatic carbocycles. The predicted molar refractivity (Wildman–Crippen MR) is 88.1 cm³/mol. The number of nitrogens with zero attached hydrogens (tertiary/aromatic N) is 1. The standard InChI is InChI=1S/C18H16N2O5/c21-16(9-8-14-7-4-10-24-14)19-15(13-5-2-1-3-6-13)11-20-17(22)12-25-18(20)23/h1-10,15H,11-12H2,(H,19,21)/b9-8+/t15-/m1/s1. The summed E-state index contributed by atoms with van der Waals surface area (Å²) in [6.45, 7) is -0.269. The van der Waals surface area contributed by atoms with Crippen LogP contribution in [0.5, 0.6) is 0 Å². The van der Waals surface area contributed by atoms with Crippen LogP contribution in [0.4, 0.5) is 4.79 Å². The van der Waals surface area contributed by atoms with Gasteiger partial charge in [0.05, 0.1) is 18.8 Å². The number of nitrogens with one attached hydrogen (secondary N) is 1. The third-order valence-electron chi connectivity index (χ3n) is 3.67. The van der Waals surface area contributed by atoms with Crippen molar-refractivity contribution in [3.63, 3.8) is 0 Å². The van der Waals surface area contributed by atoms with Gasteiger partial charge in [-0.25, -0.2) is 9.69 Å². The first kappa shape index (κ1) is 16.5. The van der Waals surface area contributed by atoms with E-state index >= 15 is 0 Å². The maximum absolute atomic E-state index is 12.2. The molecule has 0 unspecified atom stereocenters. The molecule has 2 aromatic rings. The van der Waals surface area contributed by atoms with Crippen molar-refractivity contribution in [2.75, 3.05) is 13.2 Å². The second-order valence-electron chi connectivity index (χ2n) is 5.38. The molecule has 1 fully saturated rings. The Morgan fingerprint density at radius 2 is 2.00 bits per heavy atom. The fourth-order valence-electron chi connectivity index (χ4n) is 2.42. The minimum absolute atomic E-state index is 0.00200. The van der Waals surface area contributed by atoms with Gasteiger partial charge in [0.1, 0.15) is 5.76 Å². The van der Waals surface area contributed by atoms with Gasteiger partial charge in [-0.1, -0.05) is 30.3 Å². The third-order valence-corrected chi connectivity index (χ3v) is 3.67. The highest BCUT2D eigenvalue weighted by atomic mass is 16.6. The summed E-state index contributed by atoms with van der Waals surface area (Å²) >= 11 is 0. The smallest absolute Gasteiger partial charge is 0.417 e. The summed E-state index contributed by atoms with van der Waals surface area (Å²) in [5.74, 6) is -0.249. The number of rotatable bonds is 6. The van der Waals surface area contributed by atoms with Crippen LogP contribution in [0.1, 0.15) is 17.4 Å². The molecule has 3 amide bonds. The Morgan fingerprint density at radius 3 is 2.64 bits per heavy atom. The summed E-state index contributed by atoms with van der Waals surface area (Å²) < 4.78 is 9.84. The molecule has 1 aliphatic rings. The molecular weight excluding hydrogens is 324 g/mol. The van der Waals surface area contributed by atoms with Crippen molar-refractivity contribution in [2.45, 2.75) is 6.04 Å². The number of cyclic esters (lactones) is 1. The average molecular weight is 340 g/mol. The number of imide groups is 1. The lowest BCUT2D eigenvalue weighted by molar-refractivity contribution is -0.126. The minimum Gasteiger partial charge on any atom is -0.465 e. The molecule has 2 heterocycles. The topological polar surface area (TPSA) is 88.8 Å². The van der Waals surface area contributed by atoms with Crippen LogP contribution in [-0.2, 0) is 14.3 Å². The summed E-state index contributed by atoms with van der Waals surface area (Å²) in [4.78, 5) is 36.6. The first-order chi connectivity index (χ1) is 12.1. The van der Waals surface area contributed by atoms with Gasteiger partial charge in [0.2, 0.25) is 5.91 Å². The molecule has 1 N–H and O–H groups in total. The van der Waals surface area contributed by atoms with E-state index in [-0.39, 0.29) is 19.1 Å². The highest BCUT2D eigenvalue weighted by Crippen LogP contribution is 2.17. The van der Waals surface area contributed by atoms with Crippen LogP contribution in [0.2, 0.25) is 0 Å². The molecule has 0 saturated carbocycles. The van der Waals surface area contributed by atoms with Crippen molar-refractivity contribution in [1.82, 2.24) is 10.2 Å². The molecule has 1 aromatic heterocycles. The molecule has 1 saturated heterocycles. The quantitative estimate of drug-likeness (QED) is 0.814. The number of benzene rings is 1. The van der Waals surface area contributed by atoms with Gasteiger partial charge in [-0.2, -0.15) is 0 Å². The Kier molecular flexibility index (Phi) is 4.94. The monoisotopic (exact) mass is 340 g/mol. The van der Waals surface area contributed by atoms with Crippen LogP contribution in [-0.4, -0.2) is 36.0 Å². The van der Waals surface area contributed by atoms with Gasteiger partial charge in [-0.3, -0.25) is 9.59 Å². The molecule has 25 heavy (non-hydrogen) atoms. The lowest BCUT2D eigenvalue weighted by Gasteiger charge is -2.22. The van der Waals surface area contributed by atoms with Gasteiger partial charge in [0.15, 0.2) is 6.61 Å². The van der Waals surface area contributed by atoms with Gasteiger partial charge >= 0.3 is 6.09 Å². The third kappa shape index (κ3) is 4.14. The largest absolute Gasteiger partial charge is 0.465 e. The summed E-state index contributed by atoms with van der Waals surface area (Å²) in [6.07, 6.45) is 3.67. The molecule has 0 aliphatic carbocycles. The Balaban J connectivity index is 1.73. The second kappa shape index (κ2) is 7.48. The van der Waals surface area contributed by atoms with E-state index in [1.54, 1.807) is 12.1 Å². The Hall–Kier alpha value is -3.35. The molecule has 1 atom stereocenters. The van der Waals surface area contributed by atoms with E-state index in [0.29, 0.717) is 5.76 Å². The van der Waals surface area contributed by atoms with Crippen LogP contribution in [0.15, 0.2) is 59.2 Å². The summed E-state index contributed by atoms with van der Waals surface area (Å²) in [6, 6.07) is 12.0. The Bertz CT molecular complexity index is 767.